The summed E-state index contributed by atoms with van der Waals surface area (Å²) in [5, 5.41) is 29.9. The third kappa shape index (κ3) is 4.77. The predicted molar refractivity (Wildman–Crippen MR) is 84.8 cm³/mol. The number of hydrogen-bond donors (Lipinski definition) is 5. The SMILES string of the molecule is Cc1ccc(OC2O[C@H](CCP(=O)(O)O)[C@@H](O)[C@H](O)[C@@H]2O)c(C)c1. The van der Waals surface area contributed by atoms with E-state index in [2.05, 4.69) is 0 Å². The Morgan fingerprint density at radius 2 is 1.79 bits per heavy atom. The smallest absolute Gasteiger partial charge is 0.325 e. The molecule has 0 aromatic heterocycles. The largest absolute Gasteiger partial charge is 0.462 e. The van der Waals surface area contributed by atoms with Gasteiger partial charge in [0.2, 0.25) is 6.29 Å². The molecule has 1 heterocycles. The van der Waals surface area contributed by atoms with Gasteiger partial charge in [-0.3, -0.25) is 4.57 Å². The van der Waals surface area contributed by atoms with Gasteiger partial charge in [-0.15, -0.1) is 0 Å². The van der Waals surface area contributed by atoms with Crippen molar-refractivity contribution < 1.29 is 39.1 Å². The molecule has 8 nitrogen and oxygen atoms in total. The fraction of sp³-hybridized carbons (Fsp3) is 0.600. The van der Waals surface area contributed by atoms with Crippen LogP contribution >= 0.6 is 7.60 Å². The molecule has 1 aromatic rings. The van der Waals surface area contributed by atoms with Gasteiger partial charge in [-0.25, -0.2) is 0 Å². The summed E-state index contributed by atoms with van der Waals surface area (Å²) in [6.07, 6.45) is -7.51. The van der Waals surface area contributed by atoms with Gasteiger partial charge in [0.25, 0.3) is 0 Å². The molecule has 1 unspecified atom stereocenters. The average Bonchev–Trinajstić information content (AvgIpc) is 2.48. The van der Waals surface area contributed by atoms with Gasteiger partial charge in [0.05, 0.1) is 12.3 Å². The van der Waals surface area contributed by atoms with E-state index >= 15 is 0 Å². The van der Waals surface area contributed by atoms with Crippen molar-refractivity contribution in [3.05, 3.63) is 29.3 Å². The van der Waals surface area contributed by atoms with Crippen LogP contribution in [0.4, 0.5) is 0 Å². The Morgan fingerprint density at radius 3 is 2.38 bits per heavy atom. The normalized spacial score (nSPS) is 31.0. The van der Waals surface area contributed by atoms with Crippen molar-refractivity contribution in [3.63, 3.8) is 0 Å². The number of ether oxygens (including phenoxy) is 2. The Labute approximate surface area is 139 Å². The molecule has 24 heavy (non-hydrogen) atoms. The summed E-state index contributed by atoms with van der Waals surface area (Å²) in [4.78, 5) is 17.9. The molecule has 5 N–H and O–H groups in total. The van der Waals surface area contributed by atoms with E-state index in [1.54, 1.807) is 6.07 Å². The van der Waals surface area contributed by atoms with Crippen LogP contribution in [-0.4, -0.2) is 62.0 Å². The fourth-order valence-corrected chi connectivity index (χ4v) is 3.20. The monoisotopic (exact) mass is 362 g/mol. The van der Waals surface area contributed by atoms with Crippen LogP contribution in [0.25, 0.3) is 0 Å². The first-order valence-corrected chi connectivity index (χ1v) is 9.36. The van der Waals surface area contributed by atoms with Gasteiger partial charge in [0.15, 0.2) is 0 Å². The van der Waals surface area contributed by atoms with Crippen LogP contribution in [0.15, 0.2) is 18.2 Å². The van der Waals surface area contributed by atoms with E-state index in [9.17, 15) is 19.9 Å². The summed E-state index contributed by atoms with van der Waals surface area (Å²) in [5.74, 6) is 0.446. The van der Waals surface area contributed by atoms with Gasteiger partial charge in [0.1, 0.15) is 24.1 Å². The van der Waals surface area contributed by atoms with Crippen molar-refractivity contribution in [3.8, 4) is 5.75 Å². The van der Waals surface area contributed by atoms with Crippen LogP contribution in [0.1, 0.15) is 17.5 Å². The van der Waals surface area contributed by atoms with Gasteiger partial charge in [-0.05, 0) is 31.9 Å². The fourth-order valence-electron chi connectivity index (χ4n) is 2.60. The minimum absolute atomic E-state index is 0.179. The molecule has 0 spiro atoms. The summed E-state index contributed by atoms with van der Waals surface area (Å²) in [7, 11) is -4.27. The third-order valence-electron chi connectivity index (χ3n) is 3.95. The molecule has 136 valence electrons. The van der Waals surface area contributed by atoms with Crippen molar-refractivity contribution >= 4 is 7.60 Å². The van der Waals surface area contributed by atoms with Gasteiger partial charge in [0, 0.05) is 0 Å². The summed E-state index contributed by atoms with van der Waals surface area (Å²) >= 11 is 0. The Balaban J connectivity index is 2.11. The average molecular weight is 362 g/mol. The topological polar surface area (TPSA) is 137 Å². The number of aliphatic hydroxyl groups excluding tert-OH is 3. The van der Waals surface area contributed by atoms with Gasteiger partial charge in [-0.1, -0.05) is 17.7 Å². The number of hydrogen-bond acceptors (Lipinski definition) is 6. The molecule has 5 atom stereocenters. The summed E-state index contributed by atoms with van der Waals surface area (Å²) in [6.45, 7) is 3.73. The van der Waals surface area contributed by atoms with E-state index in [0.29, 0.717) is 5.75 Å². The maximum Gasteiger partial charge on any atom is 0.325 e. The Hall–Kier alpha value is -0.990. The van der Waals surface area contributed by atoms with Crippen LogP contribution < -0.4 is 4.74 Å². The van der Waals surface area contributed by atoms with Crippen LogP contribution in [0.3, 0.4) is 0 Å². The van der Waals surface area contributed by atoms with Crippen molar-refractivity contribution in [2.45, 2.75) is 51.0 Å². The minimum Gasteiger partial charge on any atom is -0.462 e. The highest BCUT2D eigenvalue weighted by Gasteiger charge is 2.45. The van der Waals surface area contributed by atoms with Gasteiger partial charge in [-0.2, -0.15) is 0 Å². The molecule has 1 saturated heterocycles. The molecule has 0 radical (unpaired) electrons. The minimum atomic E-state index is -4.27. The van der Waals surface area contributed by atoms with Crippen molar-refractivity contribution in [2.75, 3.05) is 6.16 Å². The van der Waals surface area contributed by atoms with E-state index in [0.717, 1.165) is 11.1 Å². The molecule has 0 bridgehead atoms. The maximum absolute atomic E-state index is 11.0. The van der Waals surface area contributed by atoms with E-state index < -0.39 is 44.5 Å². The molecule has 0 saturated carbocycles. The zero-order valence-electron chi connectivity index (χ0n) is 13.4. The molecule has 1 aliphatic rings. The first-order chi connectivity index (χ1) is 11.1. The number of aliphatic hydroxyl groups is 3. The molecule has 0 aliphatic carbocycles. The molecular formula is C15H23O8P. The predicted octanol–water partition coefficient (Wildman–Crippen LogP) is 0.0576. The van der Waals surface area contributed by atoms with E-state index in [1.165, 1.54) is 0 Å². The lowest BCUT2D eigenvalue weighted by molar-refractivity contribution is -0.272. The standard InChI is InChI=1S/C15H23O8P/c1-8-3-4-10(9(2)7-8)22-15-14(18)13(17)12(16)11(23-15)5-6-24(19,20)21/h3-4,7,11-18H,5-6H2,1-2H3,(H2,19,20,21)/t11-,12-,13+,14+,15?/m1/s1. The van der Waals surface area contributed by atoms with E-state index in [1.807, 2.05) is 26.0 Å². The van der Waals surface area contributed by atoms with Crippen molar-refractivity contribution in [2.24, 2.45) is 0 Å². The summed E-state index contributed by atoms with van der Waals surface area (Å²) in [5.41, 5.74) is 1.83. The van der Waals surface area contributed by atoms with E-state index in [-0.39, 0.29) is 6.42 Å². The first-order valence-electron chi connectivity index (χ1n) is 7.56. The van der Waals surface area contributed by atoms with Crippen LogP contribution in [0.2, 0.25) is 0 Å². The number of aryl methyl sites for hydroxylation is 2. The first kappa shape index (κ1) is 19.3. The Bertz CT molecular complexity index is 615. The third-order valence-corrected chi connectivity index (χ3v) is 4.79. The summed E-state index contributed by atoms with van der Waals surface area (Å²) in [6, 6.07) is 5.39. The van der Waals surface area contributed by atoms with Gasteiger partial charge >= 0.3 is 7.60 Å². The molecule has 1 aliphatic heterocycles. The van der Waals surface area contributed by atoms with Crippen LogP contribution in [-0.2, 0) is 9.30 Å². The summed E-state index contributed by atoms with van der Waals surface area (Å²) < 4.78 is 22.0. The highest BCUT2D eigenvalue weighted by Crippen LogP contribution is 2.37. The molecule has 0 amide bonds. The molecule has 1 fully saturated rings. The van der Waals surface area contributed by atoms with Crippen molar-refractivity contribution in [1.29, 1.82) is 0 Å². The van der Waals surface area contributed by atoms with E-state index in [4.69, 9.17) is 19.3 Å². The molecule has 2 rings (SSSR count). The van der Waals surface area contributed by atoms with Crippen LogP contribution in [0, 0.1) is 13.8 Å². The Kier molecular flexibility index (Phi) is 6.04. The highest BCUT2D eigenvalue weighted by molar-refractivity contribution is 7.51. The number of rotatable bonds is 5. The zero-order valence-corrected chi connectivity index (χ0v) is 14.3. The lowest BCUT2D eigenvalue weighted by Gasteiger charge is -2.40. The molecule has 1 aromatic carbocycles. The van der Waals surface area contributed by atoms with Crippen LogP contribution in [0.5, 0.6) is 5.75 Å². The lowest BCUT2D eigenvalue weighted by atomic mass is 9.97. The molecular weight excluding hydrogens is 339 g/mol. The quantitative estimate of drug-likeness (QED) is 0.464. The second-order valence-electron chi connectivity index (χ2n) is 6.08. The lowest BCUT2D eigenvalue weighted by Crippen LogP contribution is -2.59. The highest BCUT2D eigenvalue weighted by atomic mass is 31.2. The molecule has 9 heteroatoms. The number of benzene rings is 1. The second-order valence-corrected chi connectivity index (χ2v) is 7.86. The Morgan fingerprint density at radius 1 is 1.12 bits per heavy atom. The second kappa shape index (κ2) is 7.49. The maximum atomic E-state index is 11.0. The van der Waals surface area contributed by atoms with Crippen molar-refractivity contribution in [1.82, 2.24) is 0 Å². The zero-order chi connectivity index (χ0) is 18.1. The van der Waals surface area contributed by atoms with Gasteiger partial charge < -0.3 is 34.6 Å².